The third kappa shape index (κ3) is 2.99. The van der Waals surface area contributed by atoms with Gasteiger partial charge in [-0.3, -0.25) is 0 Å². The Kier molecular flexibility index (Phi) is 4.81. The number of aryl methyl sites for hydroxylation is 1. The van der Waals surface area contributed by atoms with Crippen molar-refractivity contribution in [2.24, 2.45) is 0 Å². The lowest BCUT2D eigenvalue weighted by atomic mass is 9.71. The number of anilines is 1. The van der Waals surface area contributed by atoms with Crippen LogP contribution in [0.2, 0.25) is 0 Å². The number of hydrogen-bond donors (Lipinski definition) is 0. The zero-order valence-electron chi connectivity index (χ0n) is 17.8. The summed E-state index contributed by atoms with van der Waals surface area (Å²) in [6.07, 6.45) is -0.287. The van der Waals surface area contributed by atoms with Crippen molar-refractivity contribution in [3.05, 3.63) is 94.0 Å². The second-order valence-corrected chi connectivity index (χ2v) is 11.6. The number of likely N-dealkylation sites (N-methyl/N-ethyl adjacent to an activating group) is 1. The van der Waals surface area contributed by atoms with Crippen LogP contribution in [-0.4, -0.2) is 32.5 Å². The molecule has 2 heterocycles. The van der Waals surface area contributed by atoms with Gasteiger partial charge in [0.1, 0.15) is 6.17 Å². The average molecular weight is 497 g/mol. The van der Waals surface area contributed by atoms with Crippen LogP contribution in [0.4, 0.5) is 5.69 Å². The minimum absolute atomic E-state index is 0.0388. The Morgan fingerprint density at radius 2 is 1.61 bits per heavy atom. The first-order valence-electron chi connectivity index (χ1n) is 10.4. The zero-order chi connectivity index (χ0) is 22.0. The standard InChI is InChI=1S/C25H25BrN2O2S/c1-17-8-14-20(15-9-17)31(29,30)28-16-22(18-10-12-19(26)13-11-18)25(2)21-6-4-5-7-23(21)27(3)24(25)28/h4-15,22,24H,16H2,1-3H3/t22-,24-,25+/m0/s1. The Balaban J connectivity index is 1.69. The maximum Gasteiger partial charge on any atom is 0.244 e. The van der Waals surface area contributed by atoms with Crippen molar-refractivity contribution >= 4 is 31.6 Å². The Labute approximate surface area is 192 Å². The molecule has 3 aromatic carbocycles. The lowest BCUT2D eigenvalue weighted by molar-refractivity contribution is 0.324. The molecule has 6 heteroatoms. The predicted molar refractivity (Wildman–Crippen MR) is 128 cm³/mol. The van der Waals surface area contributed by atoms with Gasteiger partial charge < -0.3 is 4.90 Å². The van der Waals surface area contributed by atoms with E-state index in [0.717, 1.165) is 21.3 Å². The van der Waals surface area contributed by atoms with Gasteiger partial charge in [-0.2, -0.15) is 4.31 Å². The molecule has 0 radical (unpaired) electrons. The van der Waals surface area contributed by atoms with Crippen molar-refractivity contribution in [3.8, 4) is 0 Å². The fourth-order valence-corrected chi connectivity index (χ4v) is 7.44. The molecule has 1 fully saturated rings. The predicted octanol–water partition coefficient (Wildman–Crippen LogP) is 5.28. The van der Waals surface area contributed by atoms with Gasteiger partial charge in [0.25, 0.3) is 0 Å². The van der Waals surface area contributed by atoms with Gasteiger partial charge in [0.15, 0.2) is 0 Å². The minimum atomic E-state index is -3.67. The molecule has 0 unspecified atom stereocenters. The molecular formula is C25H25BrN2O2S. The van der Waals surface area contributed by atoms with Crippen LogP contribution in [0, 0.1) is 6.92 Å². The fraction of sp³-hybridized carbons (Fsp3) is 0.280. The van der Waals surface area contributed by atoms with Crippen molar-refractivity contribution in [1.82, 2.24) is 4.31 Å². The third-order valence-corrected chi connectivity index (χ3v) is 9.39. The van der Waals surface area contributed by atoms with Crippen LogP contribution in [0.25, 0.3) is 0 Å². The molecule has 2 aliphatic rings. The van der Waals surface area contributed by atoms with Crippen molar-refractivity contribution in [3.63, 3.8) is 0 Å². The Hall–Kier alpha value is -2.15. The molecule has 31 heavy (non-hydrogen) atoms. The maximum atomic E-state index is 13.8. The number of fused-ring (bicyclic) bond motifs is 3. The van der Waals surface area contributed by atoms with E-state index in [4.69, 9.17) is 0 Å². The lowest BCUT2D eigenvalue weighted by Crippen LogP contribution is -2.49. The van der Waals surface area contributed by atoms with Crippen molar-refractivity contribution in [1.29, 1.82) is 0 Å². The van der Waals surface area contributed by atoms with Gasteiger partial charge in [0.05, 0.1) is 4.90 Å². The summed E-state index contributed by atoms with van der Waals surface area (Å²) in [4.78, 5) is 2.49. The summed E-state index contributed by atoms with van der Waals surface area (Å²) in [6.45, 7) is 4.63. The molecule has 5 rings (SSSR count). The Morgan fingerprint density at radius 1 is 0.968 bits per heavy atom. The van der Waals surface area contributed by atoms with Crippen molar-refractivity contribution < 1.29 is 8.42 Å². The van der Waals surface area contributed by atoms with Crippen LogP contribution >= 0.6 is 15.9 Å². The summed E-state index contributed by atoms with van der Waals surface area (Å²) in [6, 6.07) is 23.8. The highest BCUT2D eigenvalue weighted by molar-refractivity contribution is 9.10. The Morgan fingerprint density at radius 3 is 2.29 bits per heavy atom. The number of hydrogen-bond acceptors (Lipinski definition) is 3. The quantitative estimate of drug-likeness (QED) is 0.495. The summed E-state index contributed by atoms with van der Waals surface area (Å²) in [5.74, 6) is 0.0388. The summed E-state index contributed by atoms with van der Waals surface area (Å²) in [5.41, 5.74) is 4.14. The van der Waals surface area contributed by atoms with Crippen LogP contribution in [0.5, 0.6) is 0 Å². The molecular weight excluding hydrogens is 472 g/mol. The summed E-state index contributed by atoms with van der Waals surface area (Å²) in [7, 11) is -1.65. The smallest absolute Gasteiger partial charge is 0.244 e. The van der Waals surface area contributed by atoms with Gasteiger partial charge in [-0.25, -0.2) is 8.42 Å². The van der Waals surface area contributed by atoms with E-state index >= 15 is 0 Å². The first kappa shape index (κ1) is 20.7. The van der Waals surface area contributed by atoms with Crippen LogP contribution < -0.4 is 4.90 Å². The normalized spacial score (nSPS) is 25.5. The molecule has 4 nitrogen and oxygen atoms in total. The number of nitrogens with zero attached hydrogens (tertiary/aromatic N) is 2. The molecule has 3 atom stereocenters. The second-order valence-electron chi connectivity index (χ2n) is 8.78. The van der Waals surface area contributed by atoms with E-state index in [1.54, 1.807) is 16.4 Å². The van der Waals surface area contributed by atoms with Crippen LogP contribution in [-0.2, 0) is 15.4 Å². The highest BCUT2D eigenvalue weighted by atomic mass is 79.9. The summed E-state index contributed by atoms with van der Waals surface area (Å²) >= 11 is 3.52. The lowest BCUT2D eigenvalue weighted by Gasteiger charge is -2.35. The van der Waals surface area contributed by atoms with Gasteiger partial charge in [0, 0.05) is 35.1 Å². The molecule has 0 N–H and O–H groups in total. The number of halogens is 1. The molecule has 0 aliphatic carbocycles. The van der Waals surface area contributed by atoms with Crippen LogP contribution in [0.1, 0.15) is 29.5 Å². The zero-order valence-corrected chi connectivity index (χ0v) is 20.2. The van der Waals surface area contributed by atoms with E-state index in [1.807, 2.05) is 44.3 Å². The summed E-state index contributed by atoms with van der Waals surface area (Å²) in [5, 5.41) is 0. The minimum Gasteiger partial charge on any atom is -0.357 e. The van der Waals surface area contributed by atoms with Gasteiger partial charge in [-0.05, 0) is 48.4 Å². The first-order chi connectivity index (χ1) is 14.7. The Bertz CT molecular complexity index is 1240. The molecule has 0 bridgehead atoms. The average Bonchev–Trinajstić information content (AvgIpc) is 3.19. The number of rotatable bonds is 3. The van der Waals surface area contributed by atoms with E-state index in [9.17, 15) is 8.42 Å². The maximum absolute atomic E-state index is 13.8. The highest BCUT2D eigenvalue weighted by Gasteiger charge is 2.61. The molecule has 160 valence electrons. The van der Waals surface area contributed by atoms with Gasteiger partial charge in [-0.1, -0.05) is 70.9 Å². The van der Waals surface area contributed by atoms with Crippen molar-refractivity contribution in [2.45, 2.75) is 36.2 Å². The van der Waals surface area contributed by atoms with Gasteiger partial charge >= 0.3 is 0 Å². The highest BCUT2D eigenvalue weighted by Crippen LogP contribution is 2.58. The third-order valence-electron chi connectivity index (χ3n) is 7.03. The van der Waals surface area contributed by atoms with E-state index in [-0.39, 0.29) is 17.5 Å². The summed E-state index contributed by atoms with van der Waals surface area (Å²) < 4.78 is 30.4. The molecule has 0 aromatic heterocycles. The van der Waals surface area contributed by atoms with Gasteiger partial charge in [-0.15, -0.1) is 0 Å². The first-order valence-corrected chi connectivity index (χ1v) is 12.6. The molecule has 0 amide bonds. The molecule has 1 saturated heterocycles. The van der Waals surface area contributed by atoms with E-state index < -0.39 is 10.0 Å². The van der Waals surface area contributed by atoms with E-state index in [1.165, 1.54) is 5.56 Å². The largest absolute Gasteiger partial charge is 0.357 e. The van der Waals surface area contributed by atoms with Crippen molar-refractivity contribution in [2.75, 3.05) is 18.5 Å². The second kappa shape index (κ2) is 7.19. The van der Waals surface area contributed by atoms with E-state index in [2.05, 4.69) is 58.1 Å². The SMILES string of the molecule is Cc1ccc(S(=O)(=O)N2C[C@@H](c3ccc(Br)cc3)[C@@]3(C)c4ccccc4N(C)[C@@H]23)cc1. The molecule has 2 aliphatic heterocycles. The molecule has 0 spiro atoms. The van der Waals surface area contributed by atoms with E-state index in [0.29, 0.717) is 11.4 Å². The fourth-order valence-electron chi connectivity index (χ4n) is 5.46. The topological polar surface area (TPSA) is 40.6 Å². The number of benzene rings is 3. The van der Waals surface area contributed by atoms with Crippen LogP contribution in [0.15, 0.2) is 82.2 Å². The molecule has 3 aromatic rings. The monoisotopic (exact) mass is 496 g/mol. The van der Waals surface area contributed by atoms with Gasteiger partial charge in [0.2, 0.25) is 10.0 Å². The molecule has 0 saturated carbocycles. The number of sulfonamides is 1. The number of para-hydroxylation sites is 1. The van der Waals surface area contributed by atoms with Crippen LogP contribution in [0.3, 0.4) is 0 Å².